The summed E-state index contributed by atoms with van der Waals surface area (Å²) in [5.41, 5.74) is 0.263. The Hall–Kier alpha value is -2.91. The average Bonchev–Trinajstić information content (AvgIpc) is 2.68. The van der Waals surface area contributed by atoms with E-state index in [2.05, 4.69) is 26.9 Å². The van der Waals surface area contributed by atoms with Crippen molar-refractivity contribution in [2.24, 2.45) is 0 Å². The van der Waals surface area contributed by atoms with Crippen molar-refractivity contribution in [2.75, 3.05) is 13.2 Å². The van der Waals surface area contributed by atoms with E-state index < -0.39 is 18.4 Å². The van der Waals surface area contributed by atoms with Gasteiger partial charge in [-0.3, -0.25) is 14.6 Å². The molecule has 2 amide bonds. The number of rotatable bonds is 10. The van der Waals surface area contributed by atoms with Crippen LogP contribution in [0.1, 0.15) is 16.9 Å². The second-order valence-electron chi connectivity index (χ2n) is 5.78. The van der Waals surface area contributed by atoms with Crippen molar-refractivity contribution in [1.29, 1.82) is 0 Å². The van der Waals surface area contributed by atoms with Crippen LogP contribution in [-0.2, 0) is 4.79 Å². The van der Waals surface area contributed by atoms with E-state index in [0.717, 1.165) is 6.07 Å². The van der Waals surface area contributed by atoms with Crippen LogP contribution in [-0.4, -0.2) is 36.6 Å². The van der Waals surface area contributed by atoms with Gasteiger partial charge in [0.25, 0.3) is 11.8 Å². The maximum atomic E-state index is 12.2. The van der Waals surface area contributed by atoms with E-state index in [1.54, 1.807) is 12.1 Å². The highest BCUT2D eigenvalue weighted by Crippen LogP contribution is 2.26. The van der Waals surface area contributed by atoms with Crippen molar-refractivity contribution in [3.05, 3.63) is 64.5 Å². The molecule has 7 nitrogen and oxygen atoms in total. The number of alkyl halides is 2. The van der Waals surface area contributed by atoms with Gasteiger partial charge in [0.05, 0.1) is 10.0 Å². The number of ether oxygens (including phenoxy) is 2. The third kappa shape index (κ3) is 7.84. The summed E-state index contributed by atoms with van der Waals surface area (Å²) < 4.78 is 34.0. The third-order valence-corrected chi connectivity index (χ3v) is 4.22. The van der Waals surface area contributed by atoms with Crippen LogP contribution < -0.4 is 20.1 Å². The van der Waals surface area contributed by atoms with E-state index in [9.17, 15) is 18.4 Å². The van der Waals surface area contributed by atoms with Crippen LogP contribution in [0.15, 0.2) is 48.8 Å². The fourth-order valence-corrected chi connectivity index (χ4v) is 2.43. The normalized spacial score (nSPS) is 10.4. The fraction of sp³-hybridized carbons (Fsp3) is 0.211. The van der Waals surface area contributed by atoms with Gasteiger partial charge < -0.3 is 20.1 Å². The summed E-state index contributed by atoms with van der Waals surface area (Å²) in [4.78, 5) is 27.7. The molecule has 160 valence electrons. The molecule has 0 saturated heterocycles. The van der Waals surface area contributed by atoms with Crippen molar-refractivity contribution >= 4 is 35.0 Å². The van der Waals surface area contributed by atoms with E-state index in [1.807, 2.05) is 0 Å². The molecule has 0 saturated carbocycles. The first kappa shape index (κ1) is 23.4. The molecule has 2 rings (SSSR count). The molecule has 1 aromatic heterocycles. The highest BCUT2D eigenvalue weighted by atomic mass is 35.5. The predicted molar refractivity (Wildman–Crippen MR) is 107 cm³/mol. The van der Waals surface area contributed by atoms with Gasteiger partial charge in [-0.1, -0.05) is 29.8 Å². The van der Waals surface area contributed by atoms with E-state index in [4.69, 9.17) is 27.9 Å². The lowest BCUT2D eigenvalue weighted by molar-refractivity contribution is -0.122. The molecule has 0 aliphatic heterocycles. The molecule has 0 aliphatic rings. The lowest BCUT2D eigenvalue weighted by atomic mass is 10.3. The minimum Gasteiger partial charge on any atom is -0.484 e. The Kier molecular flexibility index (Phi) is 8.82. The van der Waals surface area contributed by atoms with Gasteiger partial charge in [0, 0.05) is 37.0 Å². The Bertz CT molecular complexity index is 928. The summed E-state index contributed by atoms with van der Waals surface area (Å²) in [6.07, 6.45) is 1.41. The van der Waals surface area contributed by atoms with Gasteiger partial charge in [0.15, 0.2) is 6.61 Å². The van der Waals surface area contributed by atoms with E-state index in [-0.39, 0.29) is 31.0 Å². The number of halogens is 4. The monoisotopic (exact) mass is 459 g/mol. The molecule has 0 spiro atoms. The molecular formula is C19H17Cl2F2N3O4. The maximum Gasteiger partial charge on any atom is 0.387 e. The lowest BCUT2D eigenvalue weighted by Gasteiger charge is -2.11. The zero-order valence-corrected chi connectivity index (χ0v) is 17.0. The molecule has 0 unspecified atom stereocenters. The Labute approximate surface area is 181 Å². The van der Waals surface area contributed by atoms with Crippen LogP contribution in [0.3, 0.4) is 0 Å². The summed E-state index contributed by atoms with van der Waals surface area (Å²) in [6.45, 7) is 0.550. The van der Waals surface area contributed by atoms with Crippen molar-refractivity contribution < 1.29 is 27.8 Å². The number of hydrogen-bond acceptors (Lipinski definition) is 5. The third-order valence-electron chi connectivity index (χ3n) is 3.48. The number of aromatic nitrogens is 1. The topological polar surface area (TPSA) is 89.5 Å². The predicted octanol–water partition coefficient (Wildman–Crippen LogP) is 3.82. The van der Waals surface area contributed by atoms with Crippen LogP contribution in [0.5, 0.6) is 11.5 Å². The fourth-order valence-electron chi connectivity index (χ4n) is 2.14. The number of nitrogens with zero attached hydrogens (tertiary/aromatic N) is 1. The zero-order chi connectivity index (χ0) is 22.1. The van der Waals surface area contributed by atoms with Gasteiger partial charge in [0.2, 0.25) is 0 Å². The standard InChI is InChI=1S/C19H17Cl2F2N3O4/c1-11(26-17(27)10-29-12-2-3-14(20)15(21)8-12)4-6-25-18(28)16-9-13(5-7-24-16)30-19(22)23/h2-3,5,7-9,19H,1,4,6,10H2,(H,25,28)(H,26,27). The van der Waals surface area contributed by atoms with Crippen molar-refractivity contribution in [3.8, 4) is 11.5 Å². The van der Waals surface area contributed by atoms with Crippen LogP contribution in [0.25, 0.3) is 0 Å². The Morgan fingerprint density at radius 1 is 1.13 bits per heavy atom. The number of amides is 2. The van der Waals surface area contributed by atoms with Crippen molar-refractivity contribution in [1.82, 2.24) is 15.6 Å². The van der Waals surface area contributed by atoms with Crippen LogP contribution >= 0.6 is 23.2 Å². The summed E-state index contributed by atoms with van der Waals surface area (Å²) in [7, 11) is 0. The molecule has 0 fully saturated rings. The largest absolute Gasteiger partial charge is 0.484 e. The second-order valence-corrected chi connectivity index (χ2v) is 6.59. The molecule has 2 aromatic rings. The van der Waals surface area contributed by atoms with Gasteiger partial charge in [-0.2, -0.15) is 8.78 Å². The summed E-state index contributed by atoms with van der Waals surface area (Å²) in [6, 6.07) is 6.90. The highest BCUT2D eigenvalue weighted by Gasteiger charge is 2.11. The molecule has 0 bridgehead atoms. The average molecular weight is 460 g/mol. The smallest absolute Gasteiger partial charge is 0.387 e. The molecule has 2 N–H and O–H groups in total. The quantitative estimate of drug-likeness (QED) is 0.563. The molecule has 1 aromatic carbocycles. The summed E-state index contributed by atoms with van der Waals surface area (Å²) in [5, 5.41) is 5.74. The van der Waals surface area contributed by atoms with Crippen LogP contribution in [0.4, 0.5) is 8.78 Å². The maximum absolute atomic E-state index is 12.2. The summed E-state index contributed by atoms with van der Waals surface area (Å²) >= 11 is 11.7. The van der Waals surface area contributed by atoms with Gasteiger partial charge in [0.1, 0.15) is 17.2 Å². The first-order chi connectivity index (χ1) is 14.2. The van der Waals surface area contributed by atoms with Gasteiger partial charge in [-0.25, -0.2) is 0 Å². The lowest BCUT2D eigenvalue weighted by Crippen LogP contribution is -2.31. The molecule has 0 radical (unpaired) electrons. The number of pyridine rings is 1. The molecule has 11 heteroatoms. The van der Waals surface area contributed by atoms with Crippen molar-refractivity contribution in [2.45, 2.75) is 13.0 Å². The SMILES string of the molecule is C=C(CCNC(=O)c1cc(OC(F)F)ccn1)NC(=O)COc1ccc(Cl)c(Cl)c1. The second kappa shape index (κ2) is 11.3. The minimum absolute atomic E-state index is 0.0853. The molecule has 0 atom stereocenters. The van der Waals surface area contributed by atoms with E-state index >= 15 is 0 Å². The van der Waals surface area contributed by atoms with Crippen molar-refractivity contribution in [3.63, 3.8) is 0 Å². The van der Waals surface area contributed by atoms with Crippen LogP contribution in [0, 0.1) is 0 Å². The Balaban J connectivity index is 1.71. The van der Waals surface area contributed by atoms with E-state index in [0.29, 0.717) is 21.5 Å². The number of benzene rings is 1. The number of nitrogens with one attached hydrogen (secondary N) is 2. The van der Waals surface area contributed by atoms with Gasteiger partial charge in [-0.05, 0) is 18.2 Å². The molecule has 0 aliphatic carbocycles. The molecular weight excluding hydrogens is 443 g/mol. The number of carbonyl (C=O) groups excluding carboxylic acids is 2. The van der Waals surface area contributed by atoms with E-state index in [1.165, 1.54) is 18.3 Å². The molecule has 1 heterocycles. The number of hydrogen-bond donors (Lipinski definition) is 2. The Morgan fingerprint density at radius 3 is 2.60 bits per heavy atom. The molecule has 30 heavy (non-hydrogen) atoms. The highest BCUT2D eigenvalue weighted by molar-refractivity contribution is 6.42. The first-order valence-corrected chi connectivity index (χ1v) is 9.24. The van der Waals surface area contributed by atoms with Gasteiger partial charge >= 0.3 is 6.61 Å². The Morgan fingerprint density at radius 2 is 1.90 bits per heavy atom. The number of carbonyl (C=O) groups is 2. The summed E-state index contributed by atoms with van der Waals surface area (Å²) in [5.74, 6) is -0.834. The first-order valence-electron chi connectivity index (χ1n) is 8.49. The van der Waals surface area contributed by atoms with Gasteiger partial charge in [-0.15, -0.1) is 0 Å². The minimum atomic E-state index is -3.00. The van der Waals surface area contributed by atoms with Crippen LogP contribution in [0.2, 0.25) is 10.0 Å². The zero-order valence-electron chi connectivity index (χ0n) is 15.5.